The summed E-state index contributed by atoms with van der Waals surface area (Å²) in [6, 6.07) is 5.52. The topological polar surface area (TPSA) is 72.4 Å². The maximum Gasteiger partial charge on any atom is 0.315 e. The second-order valence-corrected chi connectivity index (χ2v) is 4.87. The molecule has 1 aliphatic carbocycles. The van der Waals surface area contributed by atoms with E-state index in [1.165, 1.54) is 19.3 Å². The van der Waals surface area contributed by atoms with Crippen molar-refractivity contribution >= 4 is 17.1 Å². The summed E-state index contributed by atoms with van der Waals surface area (Å²) >= 11 is 0. The van der Waals surface area contributed by atoms with Gasteiger partial charge in [-0.3, -0.25) is 10.1 Å². The van der Waals surface area contributed by atoms with Crippen molar-refractivity contribution in [1.29, 1.82) is 0 Å². The molecule has 1 aromatic rings. The number of rotatable bonds is 3. The molecule has 2 N–H and O–H groups in total. The van der Waals surface area contributed by atoms with Crippen LogP contribution in [0.3, 0.4) is 0 Å². The SMILES string of the molecule is CN(c1cccc(N)c1[N+](=O)[O-])C1CCCCC1. The van der Waals surface area contributed by atoms with E-state index in [4.69, 9.17) is 5.73 Å². The Hall–Kier alpha value is -1.78. The highest BCUT2D eigenvalue weighted by Crippen LogP contribution is 2.36. The number of anilines is 2. The maximum atomic E-state index is 11.1. The molecule has 0 saturated heterocycles. The first-order chi connectivity index (χ1) is 8.61. The van der Waals surface area contributed by atoms with Crippen molar-refractivity contribution in [2.75, 3.05) is 17.7 Å². The van der Waals surface area contributed by atoms with Crippen LogP contribution in [-0.2, 0) is 0 Å². The second-order valence-electron chi connectivity index (χ2n) is 4.87. The Morgan fingerprint density at radius 1 is 1.33 bits per heavy atom. The van der Waals surface area contributed by atoms with E-state index in [2.05, 4.69) is 0 Å². The molecule has 0 unspecified atom stereocenters. The van der Waals surface area contributed by atoms with Gasteiger partial charge in [0.05, 0.1) is 4.92 Å². The molecule has 0 aromatic heterocycles. The molecule has 5 heteroatoms. The van der Waals surface area contributed by atoms with E-state index < -0.39 is 0 Å². The van der Waals surface area contributed by atoms with E-state index in [-0.39, 0.29) is 16.3 Å². The average molecular weight is 249 g/mol. The molecule has 0 amide bonds. The molecular formula is C13H19N3O2. The monoisotopic (exact) mass is 249 g/mol. The van der Waals surface area contributed by atoms with Gasteiger partial charge in [-0.15, -0.1) is 0 Å². The second kappa shape index (κ2) is 5.25. The van der Waals surface area contributed by atoms with Crippen LogP contribution in [0.1, 0.15) is 32.1 Å². The molecule has 0 aliphatic heterocycles. The van der Waals surface area contributed by atoms with Crippen molar-refractivity contribution in [1.82, 2.24) is 0 Å². The van der Waals surface area contributed by atoms with Crippen molar-refractivity contribution < 1.29 is 4.92 Å². The fraction of sp³-hybridized carbons (Fsp3) is 0.538. The number of nitrogens with two attached hydrogens (primary N) is 1. The van der Waals surface area contributed by atoms with E-state index >= 15 is 0 Å². The molecule has 0 heterocycles. The first-order valence-electron chi connectivity index (χ1n) is 6.37. The summed E-state index contributed by atoms with van der Waals surface area (Å²) in [6.45, 7) is 0. The third-order valence-corrected chi connectivity index (χ3v) is 3.73. The highest BCUT2D eigenvalue weighted by atomic mass is 16.6. The Labute approximate surface area is 107 Å². The average Bonchev–Trinajstić information content (AvgIpc) is 2.38. The zero-order chi connectivity index (χ0) is 13.1. The minimum Gasteiger partial charge on any atom is -0.393 e. The third-order valence-electron chi connectivity index (χ3n) is 3.73. The van der Waals surface area contributed by atoms with Gasteiger partial charge in [-0.1, -0.05) is 25.3 Å². The van der Waals surface area contributed by atoms with Crippen molar-refractivity contribution in [2.24, 2.45) is 0 Å². The molecule has 0 radical (unpaired) electrons. The summed E-state index contributed by atoms with van der Waals surface area (Å²) in [5.41, 5.74) is 6.62. The summed E-state index contributed by atoms with van der Waals surface area (Å²) in [7, 11) is 1.93. The summed E-state index contributed by atoms with van der Waals surface area (Å²) in [5.74, 6) is 0. The number of hydrogen-bond acceptors (Lipinski definition) is 4. The van der Waals surface area contributed by atoms with E-state index in [9.17, 15) is 10.1 Å². The molecule has 1 aromatic carbocycles. The van der Waals surface area contributed by atoms with Gasteiger partial charge in [-0.25, -0.2) is 0 Å². The highest BCUT2D eigenvalue weighted by molar-refractivity contribution is 5.75. The van der Waals surface area contributed by atoms with Crippen molar-refractivity contribution in [3.63, 3.8) is 0 Å². The fourth-order valence-corrected chi connectivity index (χ4v) is 2.70. The number of nitro groups is 1. The van der Waals surface area contributed by atoms with Gasteiger partial charge in [0.15, 0.2) is 0 Å². The smallest absolute Gasteiger partial charge is 0.315 e. The minimum atomic E-state index is -0.385. The number of benzene rings is 1. The van der Waals surface area contributed by atoms with Gasteiger partial charge in [-0.05, 0) is 25.0 Å². The molecule has 1 fully saturated rings. The highest BCUT2D eigenvalue weighted by Gasteiger charge is 2.25. The first-order valence-corrected chi connectivity index (χ1v) is 6.37. The van der Waals surface area contributed by atoms with Crippen molar-refractivity contribution in [2.45, 2.75) is 38.1 Å². The van der Waals surface area contributed by atoms with Crippen LogP contribution in [0.4, 0.5) is 17.1 Å². The Balaban J connectivity index is 2.31. The maximum absolute atomic E-state index is 11.1. The number of hydrogen-bond donors (Lipinski definition) is 1. The van der Waals surface area contributed by atoms with Crippen LogP contribution in [0.5, 0.6) is 0 Å². The van der Waals surface area contributed by atoms with Crippen LogP contribution in [0.25, 0.3) is 0 Å². The summed E-state index contributed by atoms with van der Waals surface area (Å²) in [6.07, 6.45) is 5.87. The third kappa shape index (κ3) is 2.39. The van der Waals surface area contributed by atoms with Crippen LogP contribution >= 0.6 is 0 Å². The molecule has 0 spiro atoms. The number of nitrogen functional groups attached to an aromatic ring is 1. The lowest BCUT2D eigenvalue weighted by molar-refractivity contribution is -0.383. The summed E-state index contributed by atoms with van der Waals surface area (Å²) in [5, 5.41) is 11.1. The molecule has 0 bridgehead atoms. The number of nitrogens with zero attached hydrogens (tertiary/aromatic N) is 2. The molecule has 0 atom stereocenters. The zero-order valence-electron chi connectivity index (χ0n) is 10.6. The standard InChI is InChI=1S/C13H19N3O2/c1-15(10-6-3-2-4-7-10)12-9-5-8-11(14)13(12)16(17)18/h5,8-10H,2-4,6-7,14H2,1H3. The Bertz CT molecular complexity index is 442. The molecule has 2 rings (SSSR count). The molecular weight excluding hydrogens is 230 g/mol. The quantitative estimate of drug-likeness (QED) is 0.508. The Morgan fingerprint density at radius 2 is 2.00 bits per heavy atom. The van der Waals surface area contributed by atoms with Crippen LogP contribution in [0.2, 0.25) is 0 Å². The summed E-state index contributed by atoms with van der Waals surface area (Å²) < 4.78 is 0. The molecule has 5 nitrogen and oxygen atoms in total. The Morgan fingerprint density at radius 3 is 2.61 bits per heavy atom. The van der Waals surface area contributed by atoms with Crippen LogP contribution < -0.4 is 10.6 Å². The van der Waals surface area contributed by atoms with E-state index in [0.717, 1.165) is 12.8 Å². The van der Waals surface area contributed by atoms with Crippen LogP contribution in [0, 0.1) is 10.1 Å². The normalized spacial score (nSPS) is 16.5. The van der Waals surface area contributed by atoms with Gasteiger partial charge in [0.1, 0.15) is 11.4 Å². The lowest BCUT2D eigenvalue weighted by Gasteiger charge is -2.32. The molecule has 18 heavy (non-hydrogen) atoms. The fourth-order valence-electron chi connectivity index (χ4n) is 2.70. The van der Waals surface area contributed by atoms with E-state index in [1.807, 2.05) is 11.9 Å². The van der Waals surface area contributed by atoms with E-state index in [1.54, 1.807) is 18.2 Å². The van der Waals surface area contributed by atoms with Gasteiger partial charge in [0.2, 0.25) is 0 Å². The largest absolute Gasteiger partial charge is 0.393 e. The lowest BCUT2D eigenvalue weighted by Crippen LogP contribution is -2.33. The van der Waals surface area contributed by atoms with Gasteiger partial charge in [0.25, 0.3) is 0 Å². The minimum absolute atomic E-state index is 0.0329. The molecule has 98 valence electrons. The first kappa shape index (κ1) is 12.7. The van der Waals surface area contributed by atoms with Crippen molar-refractivity contribution in [3.05, 3.63) is 28.3 Å². The van der Waals surface area contributed by atoms with Crippen molar-refractivity contribution in [3.8, 4) is 0 Å². The van der Waals surface area contributed by atoms with Gasteiger partial charge in [-0.2, -0.15) is 0 Å². The van der Waals surface area contributed by atoms with Gasteiger partial charge in [0, 0.05) is 13.1 Å². The van der Waals surface area contributed by atoms with Crippen LogP contribution in [0.15, 0.2) is 18.2 Å². The zero-order valence-corrected chi connectivity index (χ0v) is 10.6. The number of para-hydroxylation sites is 1. The predicted octanol–water partition coefficient (Wildman–Crippen LogP) is 2.95. The van der Waals surface area contributed by atoms with E-state index in [0.29, 0.717) is 11.7 Å². The van der Waals surface area contributed by atoms with Gasteiger partial charge >= 0.3 is 5.69 Å². The van der Waals surface area contributed by atoms with Gasteiger partial charge < -0.3 is 10.6 Å². The van der Waals surface area contributed by atoms with Crippen LogP contribution in [-0.4, -0.2) is 18.0 Å². The number of nitro benzene ring substituents is 1. The molecule has 1 aliphatic rings. The molecule has 1 saturated carbocycles. The Kier molecular flexibility index (Phi) is 3.69. The lowest BCUT2D eigenvalue weighted by atomic mass is 9.94. The predicted molar refractivity (Wildman–Crippen MR) is 72.8 cm³/mol. The summed E-state index contributed by atoms with van der Waals surface area (Å²) in [4.78, 5) is 12.8.